The predicted octanol–water partition coefficient (Wildman–Crippen LogP) is 9.89. The van der Waals surface area contributed by atoms with E-state index in [9.17, 15) is 40.5 Å². The molecule has 8 heteroatoms. The highest BCUT2D eigenvalue weighted by Gasteiger charge is 2.28. The Bertz CT molecular complexity index is 1640. The molecule has 8 nitrogen and oxygen atoms in total. The molecule has 0 aliphatic heterocycles. The molecule has 0 aromatic heterocycles. The van der Waals surface area contributed by atoms with Gasteiger partial charge in [-0.05, 0) is 92.1 Å². The molecule has 4 aromatic carbocycles. The van der Waals surface area contributed by atoms with Gasteiger partial charge in [-0.2, -0.15) is 0 Å². The van der Waals surface area contributed by atoms with Crippen molar-refractivity contribution in [3.63, 3.8) is 0 Å². The Labute approximate surface area is 295 Å². The maximum atomic E-state index is 13.3. The lowest BCUT2D eigenvalue weighted by atomic mass is 9.83. The Hall–Kier alpha value is -4.85. The Morgan fingerprint density at radius 2 is 1.04 bits per heavy atom. The SMILES string of the molecule is O=C(CCCCCCCCc1ccc(O)c(O)c1)c1c(O)ccc(C(CCCCCCCCc2ccc(O)cc2)c2c(O)cccc2O)c1O. The summed E-state index contributed by atoms with van der Waals surface area (Å²) in [6.07, 6.45) is 13.8. The lowest BCUT2D eigenvalue weighted by molar-refractivity contribution is 0.0973. The monoisotopic (exact) mass is 684 g/mol. The van der Waals surface area contributed by atoms with Crippen LogP contribution >= 0.6 is 0 Å². The molecule has 0 bridgehead atoms. The second kappa shape index (κ2) is 19.4. The molecule has 0 aliphatic rings. The van der Waals surface area contributed by atoms with Gasteiger partial charge < -0.3 is 35.7 Å². The molecule has 7 N–H and O–H groups in total. The number of rotatable bonds is 21. The average molecular weight is 685 g/mol. The molecule has 0 saturated heterocycles. The third-order valence-corrected chi connectivity index (χ3v) is 9.55. The Morgan fingerprint density at radius 1 is 0.500 bits per heavy atom. The largest absolute Gasteiger partial charge is 0.508 e. The molecule has 0 amide bonds. The highest BCUT2D eigenvalue weighted by molar-refractivity contribution is 6.01. The van der Waals surface area contributed by atoms with Crippen LogP contribution in [-0.2, 0) is 12.8 Å². The Morgan fingerprint density at radius 3 is 1.68 bits per heavy atom. The van der Waals surface area contributed by atoms with E-state index < -0.39 is 5.92 Å². The number of phenolic OH excluding ortho intramolecular Hbond substituents is 7. The first-order chi connectivity index (χ1) is 24.2. The second-order valence-corrected chi connectivity index (χ2v) is 13.4. The van der Waals surface area contributed by atoms with E-state index in [2.05, 4.69) is 0 Å². The van der Waals surface area contributed by atoms with Crippen molar-refractivity contribution in [2.24, 2.45) is 0 Å². The van der Waals surface area contributed by atoms with E-state index >= 15 is 0 Å². The molecule has 0 fully saturated rings. The number of aryl methyl sites for hydroxylation is 2. The van der Waals surface area contributed by atoms with E-state index in [1.807, 2.05) is 12.1 Å². The first kappa shape index (κ1) is 38.0. The zero-order valence-electron chi connectivity index (χ0n) is 28.9. The number of Topliss-reactive ketones (excluding diaryl/α,β-unsaturated/α-hetero) is 1. The van der Waals surface area contributed by atoms with Crippen molar-refractivity contribution < 1.29 is 40.5 Å². The first-order valence-corrected chi connectivity index (χ1v) is 18.0. The molecule has 0 heterocycles. The summed E-state index contributed by atoms with van der Waals surface area (Å²) in [6, 6.07) is 19.7. The van der Waals surface area contributed by atoms with Gasteiger partial charge in [0.2, 0.25) is 0 Å². The first-order valence-electron chi connectivity index (χ1n) is 18.0. The van der Waals surface area contributed by atoms with Crippen LogP contribution in [0.25, 0.3) is 0 Å². The van der Waals surface area contributed by atoms with Gasteiger partial charge in [0.25, 0.3) is 0 Å². The van der Waals surface area contributed by atoms with Crippen molar-refractivity contribution in [2.75, 3.05) is 0 Å². The number of aromatic hydroxyl groups is 7. The Balaban J connectivity index is 1.28. The third-order valence-electron chi connectivity index (χ3n) is 9.55. The minimum absolute atomic E-state index is 0.0919. The van der Waals surface area contributed by atoms with E-state index in [1.54, 1.807) is 36.4 Å². The van der Waals surface area contributed by atoms with E-state index in [4.69, 9.17) is 0 Å². The highest BCUT2D eigenvalue weighted by Crippen LogP contribution is 2.46. The van der Waals surface area contributed by atoms with E-state index in [0.29, 0.717) is 24.0 Å². The van der Waals surface area contributed by atoms with Gasteiger partial charge in [0, 0.05) is 23.5 Å². The molecular weight excluding hydrogens is 632 g/mol. The summed E-state index contributed by atoms with van der Waals surface area (Å²) in [5.41, 5.74) is 2.74. The van der Waals surface area contributed by atoms with Crippen molar-refractivity contribution >= 4 is 5.78 Å². The number of unbranched alkanes of at least 4 members (excludes halogenated alkanes) is 10. The summed E-state index contributed by atoms with van der Waals surface area (Å²) in [6.45, 7) is 0. The average Bonchev–Trinajstić information content (AvgIpc) is 3.08. The lowest BCUT2D eigenvalue weighted by Crippen LogP contribution is -2.07. The number of hydrogen-bond acceptors (Lipinski definition) is 8. The number of carbonyl (C=O) groups is 1. The molecule has 268 valence electrons. The summed E-state index contributed by atoms with van der Waals surface area (Å²) in [5.74, 6) is -1.66. The highest BCUT2D eigenvalue weighted by atomic mass is 16.3. The lowest BCUT2D eigenvalue weighted by Gasteiger charge is -2.22. The molecule has 1 unspecified atom stereocenters. The summed E-state index contributed by atoms with van der Waals surface area (Å²) < 4.78 is 0. The summed E-state index contributed by atoms with van der Waals surface area (Å²) >= 11 is 0. The van der Waals surface area contributed by atoms with Gasteiger partial charge in [-0.1, -0.05) is 88.1 Å². The van der Waals surface area contributed by atoms with Crippen LogP contribution in [0.2, 0.25) is 0 Å². The van der Waals surface area contributed by atoms with E-state index in [-0.39, 0.29) is 58.0 Å². The molecule has 0 radical (unpaired) electrons. The fraction of sp³-hybridized carbons (Fsp3) is 0.405. The van der Waals surface area contributed by atoms with Crippen molar-refractivity contribution in [1.82, 2.24) is 0 Å². The van der Waals surface area contributed by atoms with Crippen LogP contribution in [0.3, 0.4) is 0 Å². The summed E-state index contributed by atoms with van der Waals surface area (Å²) in [4.78, 5) is 13.3. The molecule has 0 saturated carbocycles. The fourth-order valence-corrected chi connectivity index (χ4v) is 6.72. The number of hydrogen-bond donors (Lipinski definition) is 7. The van der Waals surface area contributed by atoms with Crippen molar-refractivity contribution in [1.29, 1.82) is 0 Å². The van der Waals surface area contributed by atoms with Crippen LogP contribution in [0.1, 0.15) is 128 Å². The van der Waals surface area contributed by atoms with Crippen molar-refractivity contribution in [3.8, 4) is 40.2 Å². The van der Waals surface area contributed by atoms with Crippen LogP contribution in [0.5, 0.6) is 40.2 Å². The zero-order chi connectivity index (χ0) is 35.9. The van der Waals surface area contributed by atoms with E-state index in [0.717, 1.165) is 89.0 Å². The molecule has 0 spiro atoms. The number of carbonyl (C=O) groups excluding carboxylic acids is 1. The summed E-state index contributed by atoms with van der Waals surface area (Å²) in [5, 5.41) is 72.1. The maximum absolute atomic E-state index is 13.3. The van der Waals surface area contributed by atoms with Crippen LogP contribution in [0, 0.1) is 0 Å². The fourth-order valence-electron chi connectivity index (χ4n) is 6.72. The minimum Gasteiger partial charge on any atom is -0.508 e. The van der Waals surface area contributed by atoms with Gasteiger partial charge in [0.1, 0.15) is 34.3 Å². The molecule has 1 atom stereocenters. The smallest absolute Gasteiger partial charge is 0.170 e. The van der Waals surface area contributed by atoms with Crippen LogP contribution in [0.15, 0.2) is 72.8 Å². The second-order valence-electron chi connectivity index (χ2n) is 13.4. The van der Waals surface area contributed by atoms with Crippen LogP contribution in [-0.4, -0.2) is 41.5 Å². The van der Waals surface area contributed by atoms with E-state index in [1.165, 1.54) is 29.8 Å². The molecule has 4 rings (SSSR count). The number of ketones is 1. The van der Waals surface area contributed by atoms with Gasteiger partial charge in [0.15, 0.2) is 17.3 Å². The Kier molecular flexibility index (Phi) is 14.7. The van der Waals surface area contributed by atoms with Crippen LogP contribution in [0.4, 0.5) is 0 Å². The van der Waals surface area contributed by atoms with Gasteiger partial charge in [-0.25, -0.2) is 0 Å². The molecule has 0 aliphatic carbocycles. The van der Waals surface area contributed by atoms with Gasteiger partial charge in [0.05, 0.1) is 0 Å². The van der Waals surface area contributed by atoms with Gasteiger partial charge in [-0.15, -0.1) is 0 Å². The molecular formula is C42H52O8. The standard InChI is InChI=1S/C42H52O8/c43-31-23-20-29(21-24-31)14-9-5-1-3-7-11-16-32(40-35(45)18-13-19-36(40)46)33-25-27-38(48)41(42(33)50)37(47)17-12-8-4-2-6-10-15-30-22-26-34(44)39(49)28-30/h13,18-28,32,43-46,48-50H,1-12,14-17H2. The van der Waals surface area contributed by atoms with Gasteiger partial charge >= 0.3 is 0 Å². The van der Waals surface area contributed by atoms with Crippen LogP contribution < -0.4 is 0 Å². The van der Waals surface area contributed by atoms with Gasteiger partial charge in [-0.3, -0.25) is 4.79 Å². The minimum atomic E-state index is -0.580. The quantitative estimate of drug-likeness (QED) is 0.0259. The third kappa shape index (κ3) is 11.1. The molecule has 50 heavy (non-hydrogen) atoms. The predicted molar refractivity (Wildman–Crippen MR) is 196 cm³/mol. The molecule has 4 aromatic rings. The maximum Gasteiger partial charge on any atom is 0.170 e. The van der Waals surface area contributed by atoms with Crippen molar-refractivity contribution in [2.45, 2.75) is 109 Å². The zero-order valence-corrected chi connectivity index (χ0v) is 28.9. The summed E-state index contributed by atoms with van der Waals surface area (Å²) in [7, 11) is 0. The topological polar surface area (TPSA) is 159 Å². The van der Waals surface area contributed by atoms with Crippen molar-refractivity contribution in [3.05, 3.63) is 101 Å². The normalized spacial score (nSPS) is 11.8. The number of phenols is 7. The number of benzene rings is 4.